The Labute approximate surface area is 92.1 Å². The third-order valence-corrected chi connectivity index (χ3v) is 1.91. The first-order valence-corrected chi connectivity index (χ1v) is 4.70. The van der Waals surface area contributed by atoms with Crippen LogP contribution in [0.2, 0.25) is 0 Å². The van der Waals surface area contributed by atoms with Gasteiger partial charge in [-0.1, -0.05) is 19.1 Å². The van der Waals surface area contributed by atoms with E-state index in [-0.39, 0.29) is 12.4 Å². The Morgan fingerprint density at radius 2 is 1.86 bits per heavy atom. The van der Waals surface area contributed by atoms with Crippen LogP contribution in [-0.4, -0.2) is 13.7 Å². The van der Waals surface area contributed by atoms with Crippen molar-refractivity contribution in [1.82, 2.24) is 5.32 Å². The molecule has 3 heteroatoms. The topological polar surface area (TPSA) is 21.3 Å². The summed E-state index contributed by atoms with van der Waals surface area (Å²) in [6.07, 6.45) is 1.18. The van der Waals surface area contributed by atoms with Gasteiger partial charge < -0.3 is 10.1 Å². The zero-order chi connectivity index (χ0) is 9.52. The molecule has 1 N–H and O–H groups in total. The second kappa shape index (κ2) is 7.65. The first kappa shape index (κ1) is 13.3. The van der Waals surface area contributed by atoms with Gasteiger partial charge in [-0.2, -0.15) is 0 Å². The molecule has 0 aromatic heterocycles. The summed E-state index contributed by atoms with van der Waals surface area (Å²) in [5, 5.41) is 3.35. The minimum Gasteiger partial charge on any atom is -0.497 e. The standard InChI is InChI=1S/C11H17NO.ClH/c1-3-8-12-9-10-4-6-11(13-2)7-5-10;/h4-7,12H,3,8-9H2,1-2H3;1H. The Morgan fingerprint density at radius 3 is 2.36 bits per heavy atom. The summed E-state index contributed by atoms with van der Waals surface area (Å²) >= 11 is 0. The van der Waals surface area contributed by atoms with E-state index in [1.54, 1.807) is 7.11 Å². The van der Waals surface area contributed by atoms with Crippen LogP contribution in [0.1, 0.15) is 18.9 Å². The maximum atomic E-state index is 5.07. The molecule has 0 amide bonds. The van der Waals surface area contributed by atoms with Gasteiger partial charge in [0.15, 0.2) is 0 Å². The normalized spacial score (nSPS) is 9.29. The van der Waals surface area contributed by atoms with Crippen molar-refractivity contribution in [2.75, 3.05) is 13.7 Å². The molecular formula is C11H18ClNO. The summed E-state index contributed by atoms with van der Waals surface area (Å²) in [5.74, 6) is 0.916. The monoisotopic (exact) mass is 215 g/mol. The molecule has 0 aliphatic heterocycles. The molecule has 2 nitrogen and oxygen atoms in total. The Morgan fingerprint density at radius 1 is 1.21 bits per heavy atom. The second-order valence-corrected chi connectivity index (χ2v) is 3.02. The van der Waals surface area contributed by atoms with Crippen LogP contribution in [0, 0.1) is 0 Å². The van der Waals surface area contributed by atoms with E-state index in [0.717, 1.165) is 18.8 Å². The minimum atomic E-state index is 0. The summed E-state index contributed by atoms with van der Waals surface area (Å²) in [6.45, 7) is 4.19. The molecule has 0 bridgehead atoms. The van der Waals surface area contributed by atoms with Crippen LogP contribution in [0.3, 0.4) is 0 Å². The fraction of sp³-hybridized carbons (Fsp3) is 0.455. The second-order valence-electron chi connectivity index (χ2n) is 3.02. The molecule has 1 rings (SSSR count). The molecule has 14 heavy (non-hydrogen) atoms. The molecule has 0 saturated heterocycles. The Bertz CT molecular complexity index is 236. The molecule has 80 valence electrons. The van der Waals surface area contributed by atoms with Gasteiger partial charge in [0, 0.05) is 6.54 Å². The highest BCUT2D eigenvalue weighted by molar-refractivity contribution is 5.85. The molecule has 0 radical (unpaired) electrons. The number of benzene rings is 1. The smallest absolute Gasteiger partial charge is 0.118 e. The maximum absolute atomic E-state index is 5.07. The van der Waals surface area contributed by atoms with E-state index in [9.17, 15) is 0 Å². The van der Waals surface area contributed by atoms with Gasteiger partial charge in [-0.15, -0.1) is 12.4 Å². The zero-order valence-corrected chi connectivity index (χ0v) is 9.56. The van der Waals surface area contributed by atoms with E-state index in [1.165, 1.54) is 12.0 Å². The number of methoxy groups -OCH3 is 1. The van der Waals surface area contributed by atoms with Crippen molar-refractivity contribution >= 4 is 12.4 Å². The van der Waals surface area contributed by atoms with Gasteiger partial charge in [0.05, 0.1) is 7.11 Å². The van der Waals surface area contributed by atoms with E-state index in [1.807, 2.05) is 12.1 Å². The van der Waals surface area contributed by atoms with Crippen LogP contribution in [0.15, 0.2) is 24.3 Å². The predicted octanol–water partition coefficient (Wildman–Crippen LogP) is 2.62. The van der Waals surface area contributed by atoms with E-state index < -0.39 is 0 Å². The molecule has 0 spiro atoms. The fourth-order valence-corrected chi connectivity index (χ4v) is 1.15. The highest BCUT2D eigenvalue weighted by Crippen LogP contribution is 2.10. The summed E-state index contributed by atoms with van der Waals surface area (Å²) < 4.78 is 5.07. The van der Waals surface area contributed by atoms with Crippen molar-refractivity contribution in [3.8, 4) is 5.75 Å². The van der Waals surface area contributed by atoms with Crippen LogP contribution in [0.5, 0.6) is 5.75 Å². The Balaban J connectivity index is 0.00000169. The molecule has 0 unspecified atom stereocenters. The average Bonchev–Trinajstić information content (AvgIpc) is 2.19. The van der Waals surface area contributed by atoms with Gasteiger partial charge in [-0.05, 0) is 30.7 Å². The molecule has 0 heterocycles. The summed E-state index contributed by atoms with van der Waals surface area (Å²) in [4.78, 5) is 0. The molecule has 1 aromatic rings. The average molecular weight is 216 g/mol. The summed E-state index contributed by atoms with van der Waals surface area (Å²) in [6, 6.07) is 8.15. The van der Waals surface area contributed by atoms with Crippen LogP contribution < -0.4 is 10.1 Å². The first-order chi connectivity index (χ1) is 6.36. The number of hydrogen-bond donors (Lipinski definition) is 1. The van der Waals surface area contributed by atoms with E-state index in [0.29, 0.717) is 0 Å². The molecule has 0 aliphatic carbocycles. The highest BCUT2D eigenvalue weighted by atomic mass is 35.5. The van der Waals surface area contributed by atoms with Gasteiger partial charge in [-0.3, -0.25) is 0 Å². The van der Waals surface area contributed by atoms with E-state index in [2.05, 4.69) is 24.4 Å². The Hall–Kier alpha value is -0.730. The van der Waals surface area contributed by atoms with Crippen molar-refractivity contribution < 1.29 is 4.74 Å². The van der Waals surface area contributed by atoms with E-state index >= 15 is 0 Å². The Kier molecular flexibility index (Phi) is 7.25. The number of halogens is 1. The lowest BCUT2D eigenvalue weighted by atomic mass is 10.2. The summed E-state index contributed by atoms with van der Waals surface area (Å²) in [5.41, 5.74) is 1.30. The van der Waals surface area contributed by atoms with Crippen molar-refractivity contribution in [3.05, 3.63) is 29.8 Å². The third-order valence-electron chi connectivity index (χ3n) is 1.91. The maximum Gasteiger partial charge on any atom is 0.118 e. The fourth-order valence-electron chi connectivity index (χ4n) is 1.15. The molecule has 1 aromatic carbocycles. The van der Waals surface area contributed by atoms with E-state index in [4.69, 9.17) is 4.74 Å². The number of nitrogens with one attached hydrogen (secondary N) is 1. The van der Waals surface area contributed by atoms with Gasteiger partial charge in [-0.25, -0.2) is 0 Å². The van der Waals surface area contributed by atoms with Crippen molar-refractivity contribution in [1.29, 1.82) is 0 Å². The lowest BCUT2D eigenvalue weighted by molar-refractivity contribution is 0.414. The number of rotatable bonds is 5. The van der Waals surface area contributed by atoms with Crippen molar-refractivity contribution in [2.24, 2.45) is 0 Å². The molecule has 0 fully saturated rings. The van der Waals surface area contributed by atoms with Gasteiger partial charge >= 0.3 is 0 Å². The van der Waals surface area contributed by atoms with Crippen LogP contribution >= 0.6 is 12.4 Å². The minimum absolute atomic E-state index is 0. The molecule has 0 atom stereocenters. The SMILES string of the molecule is CCCNCc1ccc(OC)cc1.Cl. The van der Waals surface area contributed by atoms with Crippen molar-refractivity contribution in [3.63, 3.8) is 0 Å². The number of hydrogen-bond acceptors (Lipinski definition) is 2. The highest BCUT2D eigenvalue weighted by Gasteiger charge is 1.92. The lowest BCUT2D eigenvalue weighted by Gasteiger charge is -2.04. The predicted molar refractivity (Wildman–Crippen MR) is 62.2 cm³/mol. The first-order valence-electron chi connectivity index (χ1n) is 4.70. The number of ether oxygens (including phenoxy) is 1. The zero-order valence-electron chi connectivity index (χ0n) is 8.75. The van der Waals surface area contributed by atoms with Crippen LogP contribution in [0.4, 0.5) is 0 Å². The largest absolute Gasteiger partial charge is 0.497 e. The van der Waals surface area contributed by atoms with Gasteiger partial charge in [0.2, 0.25) is 0 Å². The lowest BCUT2D eigenvalue weighted by Crippen LogP contribution is -2.13. The van der Waals surface area contributed by atoms with Crippen molar-refractivity contribution in [2.45, 2.75) is 19.9 Å². The van der Waals surface area contributed by atoms with Gasteiger partial charge in [0.25, 0.3) is 0 Å². The summed E-state index contributed by atoms with van der Waals surface area (Å²) in [7, 11) is 1.68. The molecule has 0 aliphatic rings. The quantitative estimate of drug-likeness (QED) is 0.763. The van der Waals surface area contributed by atoms with Gasteiger partial charge in [0.1, 0.15) is 5.75 Å². The molecule has 0 saturated carbocycles. The molecular weight excluding hydrogens is 198 g/mol. The third kappa shape index (κ3) is 4.49. The van der Waals surface area contributed by atoms with Crippen LogP contribution in [-0.2, 0) is 6.54 Å². The van der Waals surface area contributed by atoms with Crippen LogP contribution in [0.25, 0.3) is 0 Å².